The molecule has 0 radical (unpaired) electrons. The predicted octanol–water partition coefficient (Wildman–Crippen LogP) is 11.4. The first-order valence-electron chi connectivity index (χ1n) is 21.9. The largest absolute Gasteiger partial charge is 0.513 e. The zero-order chi connectivity index (χ0) is 48.4. The van der Waals surface area contributed by atoms with E-state index in [0.717, 1.165) is 28.2 Å². The number of fused-ring (bicyclic) bond motifs is 2. The molecule has 0 bridgehead atoms. The van der Waals surface area contributed by atoms with Gasteiger partial charge in [-0.1, -0.05) is 61.2 Å². The molecule has 0 N–H and O–H groups in total. The third-order valence-corrected chi connectivity index (χ3v) is 13.7. The highest BCUT2D eigenvalue weighted by molar-refractivity contribution is 8.01. The number of carbonyl (C=O) groups excluding carboxylic acids is 4. The molecule has 0 aliphatic heterocycles. The fourth-order valence-corrected chi connectivity index (χ4v) is 10.6. The monoisotopic (exact) mass is 938 g/mol. The molecule has 2 unspecified atom stereocenters. The summed E-state index contributed by atoms with van der Waals surface area (Å²) in [4.78, 5) is 52.8. The average molecular weight is 939 g/mol. The molecule has 14 heteroatoms. The van der Waals surface area contributed by atoms with Gasteiger partial charge in [-0.15, -0.1) is 0 Å². The van der Waals surface area contributed by atoms with Crippen LogP contribution in [0.3, 0.4) is 0 Å². The average Bonchev–Trinajstić information content (AvgIpc) is 3.31. The summed E-state index contributed by atoms with van der Waals surface area (Å²) >= 11 is 0. The minimum Gasteiger partial charge on any atom is -0.490 e. The predicted molar refractivity (Wildman–Crippen MR) is 258 cm³/mol. The van der Waals surface area contributed by atoms with Crippen LogP contribution < -0.4 is 29.0 Å². The van der Waals surface area contributed by atoms with Crippen LogP contribution in [0.5, 0.6) is 28.7 Å². The number of hydrogen-bond donors (Lipinski definition) is 0. The van der Waals surface area contributed by atoms with E-state index in [-0.39, 0.29) is 49.5 Å². The molecule has 0 amide bonds. The van der Waals surface area contributed by atoms with Crippen molar-refractivity contribution in [1.82, 2.24) is 0 Å². The molecule has 7 rings (SSSR count). The number of ether oxygens (including phenoxy) is 8. The highest BCUT2D eigenvalue weighted by Gasteiger charge is 2.45. The Balaban J connectivity index is 0.983. The van der Waals surface area contributed by atoms with Crippen molar-refractivity contribution in [1.29, 1.82) is 0 Å². The van der Waals surface area contributed by atoms with E-state index in [9.17, 15) is 19.2 Å². The van der Waals surface area contributed by atoms with Crippen LogP contribution in [-0.4, -0.2) is 62.5 Å². The van der Waals surface area contributed by atoms with Crippen LogP contribution in [0.2, 0.25) is 0 Å². The molecule has 2 atom stereocenters. The minimum atomic E-state index is -4.47. The minimum absolute atomic E-state index is 0.140. The van der Waals surface area contributed by atoms with E-state index in [0.29, 0.717) is 57.4 Å². The molecule has 13 nitrogen and oxygen atoms in total. The summed E-state index contributed by atoms with van der Waals surface area (Å²) in [5.41, 5.74) is 2.82. The van der Waals surface area contributed by atoms with Gasteiger partial charge in [0, 0.05) is 22.9 Å². The van der Waals surface area contributed by atoms with Crippen LogP contribution in [0.1, 0.15) is 61.0 Å². The molecule has 1 aliphatic carbocycles. The summed E-state index contributed by atoms with van der Waals surface area (Å²) in [6.45, 7) is 13.0. The van der Waals surface area contributed by atoms with Crippen LogP contribution in [0.4, 0.5) is 9.59 Å². The Morgan fingerprint density at radius 3 is 1.66 bits per heavy atom. The number of rotatable bonds is 19. The van der Waals surface area contributed by atoms with Gasteiger partial charge in [-0.25, -0.2) is 9.59 Å². The van der Waals surface area contributed by atoms with Crippen molar-refractivity contribution in [2.45, 2.75) is 47.1 Å². The van der Waals surface area contributed by atoms with Gasteiger partial charge >= 0.3 is 12.3 Å². The van der Waals surface area contributed by atoms with Crippen molar-refractivity contribution in [3.63, 3.8) is 0 Å². The van der Waals surface area contributed by atoms with Crippen molar-refractivity contribution in [2.75, 3.05) is 33.0 Å². The molecule has 0 saturated heterocycles. The molecular formula is C54H51O13P. The van der Waals surface area contributed by atoms with Crippen molar-refractivity contribution in [2.24, 2.45) is 0 Å². The maximum atomic E-state index is 15.4. The van der Waals surface area contributed by atoms with E-state index >= 15 is 4.57 Å². The van der Waals surface area contributed by atoms with E-state index < -0.39 is 36.6 Å². The Kier molecular flexibility index (Phi) is 15.5. The van der Waals surface area contributed by atoms with Gasteiger partial charge < -0.3 is 42.5 Å². The lowest BCUT2D eigenvalue weighted by atomic mass is 9.95. The Morgan fingerprint density at radius 2 is 1.12 bits per heavy atom. The van der Waals surface area contributed by atoms with Gasteiger partial charge in [-0.05, 0) is 146 Å². The Morgan fingerprint density at radius 1 is 0.618 bits per heavy atom. The Bertz CT molecular complexity index is 2910. The van der Waals surface area contributed by atoms with Gasteiger partial charge in [0.25, 0.3) is 0 Å². The molecule has 0 fully saturated rings. The fraction of sp³-hybridized carbons (Fsp3) is 0.222. The van der Waals surface area contributed by atoms with Gasteiger partial charge in [-0.3, -0.25) is 9.59 Å². The summed E-state index contributed by atoms with van der Waals surface area (Å²) < 4.78 is 59.3. The summed E-state index contributed by atoms with van der Waals surface area (Å²) in [5, 5.41) is 1.87. The summed E-state index contributed by atoms with van der Waals surface area (Å²) in [5.74, 6) is 2.59. The molecule has 350 valence electrons. The number of carbonyl (C=O) groups is 4. The van der Waals surface area contributed by atoms with E-state index in [4.69, 9.17) is 33.2 Å². The standard InChI is InChI=1S/C54H51O13P/c1-7-60-53(57)66-44-20-16-38-30-42(18-14-40(38)32-44)62-22-24-64-46-26-34(3)49(35(4)27-46)51(55)68(59,48-12-10-9-11-13-48)52(56)50-36(5)28-47(29-37(50)6)65-25-23-63-43-19-15-41-33-45(21-17-39(41)31-43)67-54(58)61-8-2/h7,9-21,26-31,33,44H,1,8,22-25,32H2,2-6H3. The molecule has 68 heavy (non-hydrogen) atoms. The highest BCUT2D eigenvalue weighted by atomic mass is 31.2. The van der Waals surface area contributed by atoms with Crippen LogP contribution in [0.25, 0.3) is 16.8 Å². The molecular weight excluding hydrogens is 888 g/mol. The first kappa shape index (κ1) is 48.3. The van der Waals surface area contributed by atoms with Crippen molar-refractivity contribution < 1.29 is 61.6 Å². The first-order chi connectivity index (χ1) is 32.8. The zero-order valence-corrected chi connectivity index (χ0v) is 39.3. The second-order valence-corrected chi connectivity index (χ2v) is 18.4. The van der Waals surface area contributed by atoms with E-state index in [1.54, 1.807) is 113 Å². The van der Waals surface area contributed by atoms with Crippen LogP contribution in [0.15, 0.2) is 128 Å². The lowest BCUT2D eigenvalue weighted by Crippen LogP contribution is -2.23. The smallest absolute Gasteiger partial charge is 0.490 e. The summed E-state index contributed by atoms with van der Waals surface area (Å²) in [7, 11) is -4.47. The lowest BCUT2D eigenvalue weighted by Gasteiger charge is -2.22. The van der Waals surface area contributed by atoms with Gasteiger partial charge in [0.15, 0.2) is 0 Å². The third-order valence-electron chi connectivity index (χ3n) is 11.1. The molecule has 0 saturated carbocycles. The van der Waals surface area contributed by atoms with Gasteiger partial charge in [0.1, 0.15) is 61.3 Å². The van der Waals surface area contributed by atoms with Gasteiger partial charge in [0.2, 0.25) is 18.2 Å². The second-order valence-electron chi connectivity index (χ2n) is 15.9. The Hall–Kier alpha value is -7.63. The van der Waals surface area contributed by atoms with Crippen LogP contribution >= 0.6 is 7.14 Å². The maximum absolute atomic E-state index is 15.4. The number of aryl methyl sites for hydroxylation is 4. The highest BCUT2D eigenvalue weighted by Crippen LogP contribution is 2.53. The number of hydrogen-bond acceptors (Lipinski definition) is 13. The third kappa shape index (κ3) is 11.3. The van der Waals surface area contributed by atoms with E-state index in [1.165, 1.54) is 0 Å². The molecule has 6 aromatic carbocycles. The van der Waals surface area contributed by atoms with Gasteiger partial charge in [-0.2, -0.15) is 0 Å². The van der Waals surface area contributed by atoms with E-state index in [2.05, 4.69) is 11.3 Å². The van der Waals surface area contributed by atoms with Crippen molar-refractivity contribution >= 4 is 52.7 Å². The SMILES string of the molecule is C=COC(=O)OC1C=Cc2cc(OCCOc3cc(C)c(C(=O)P(=O)(C(=O)c4c(C)cc(OCCOc5ccc6cc(OC(=O)OCC)ccc6c5)cc4C)c4ccccc4)c(C)c3)ccc2C1. The van der Waals surface area contributed by atoms with Crippen LogP contribution in [-0.2, 0) is 25.2 Å². The summed E-state index contributed by atoms with van der Waals surface area (Å²) in [6, 6.07) is 31.4. The normalized spacial score (nSPS) is 13.6. The molecule has 0 spiro atoms. The van der Waals surface area contributed by atoms with Gasteiger partial charge in [0.05, 0.1) is 12.9 Å². The maximum Gasteiger partial charge on any atom is 0.513 e. The fourth-order valence-electron chi connectivity index (χ4n) is 8.01. The number of benzene rings is 6. The second kappa shape index (κ2) is 21.8. The summed E-state index contributed by atoms with van der Waals surface area (Å²) in [6.07, 6.45) is 3.12. The molecule has 0 aromatic heterocycles. The first-order valence-corrected chi connectivity index (χ1v) is 23.6. The quantitative estimate of drug-likeness (QED) is 0.0248. The topological polar surface area (TPSA) is 159 Å². The molecule has 0 heterocycles. The van der Waals surface area contributed by atoms with Crippen molar-refractivity contribution in [3.8, 4) is 28.7 Å². The van der Waals surface area contributed by atoms with Crippen molar-refractivity contribution in [3.05, 3.63) is 173 Å². The lowest BCUT2D eigenvalue weighted by molar-refractivity contribution is 0.0633. The van der Waals surface area contributed by atoms with E-state index in [1.807, 2.05) is 42.5 Å². The Labute approximate surface area is 394 Å². The zero-order valence-electron chi connectivity index (χ0n) is 38.4. The molecule has 6 aromatic rings. The van der Waals surface area contributed by atoms with Crippen LogP contribution in [0, 0.1) is 27.7 Å². The molecule has 1 aliphatic rings.